The number of hydrogen-bond acceptors (Lipinski definition) is 4. The van der Waals surface area contributed by atoms with Gasteiger partial charge >= 0.3 is 0 Å². The van der Waals surface area contributed by atoms with Gasteiger partial charge in [0.25, 0.3) is 0 Å². The second kappa shape index (κ2) is 2.62. The van der Waals surface area contributed by atoms with Crippen molar-refractivity contribution >= 4 is 5.97 Å². The molecule has 0 N–H and O–H groups in total. The van der Waals surface area contributed by atoms with Gasteiger partial charge in [-0.1, -0.05) is 25.9 Å². The second-order valence-corrected chi connectivity index (χ2v) is 3.61. The zero-order valence-corrected chi connectivity index (χ0v) is 7.25. The topological polar surface area (TPSA) is 66.2 Å². The molecule has 0 amide bonds. The van der Waals surface area contributed by atoms with E-state index in [-0.39, 0.29) is 11.1 Å². The lowest BCUT2D eigenvalue weighted by Crippen LogP contribution is -2.22. The SMILES string of the molecule is CC(C)(C)c1cc(C(=O)[O-])no1. The Morgan fingerprint density at radius 3 is 2.42 bits per heavy atom. The maximum Gasteiger partial charge on any atom is 0.142 e. The molecule has 1 rings (SSSR count). The summed E-state index contributed by atoms with van der Waals surface area (Å²) in [6.45, 7) is 5.73. The summed E-state index contributed by atoms with van der Waals surface area (Å²) in [7, 11) is 0. The molecule has 0 radical (unpaired) electrons. The lowest BCUT2D eigenvalue weighted by atomic mass is 9.93. The van der Waals surface area contributed by atoms with Crippen molar-refractivity contribution in [2.24, 2.45) is 0 Å². The van der Waals surface area contributed by atoms with Gasteiger partial charge in [-0.3, -0.25) is 0 Å². The van der Waals surface area contributed by atoms with Crippen molar-refractivity contribution in [2.75, 3.05) is 0 Å². The van der Waals surface area contributed by atoms with Crippen molar-refractivity contribution in [3.8, 4) is 0 Å². The van der Waals surface area contributed by atoms with Crippen LogP contribution in [0.15, 0.2) is 10.6 Å². The number of carbonyl (C=O) groups excluding carboxylic acids is 1. The Balaban J connectivity index is 3.00. The van der Waals surface area contributed by atoms with Gasteiger partial charge in [-0.05, 0) is 0 Å². The third-order valence-corrected chi connectivity index (χ3v) is 1.46. The van der Waals surface area contributed by atoms with Crippen LogP contribution in [-0.2, 0) is 5.41 Å². The number of aromatic nitrogens is 1. The van der Waals surface area contributed by atoms with Gasteiger partial charge in [-0.25, -0.2) is 0 Å². The predicted molar refractivity (Wildman–Crippen MR) is 39.5 cm³/mol. The molecule has 0 bridgehead atoms. The number of carboxylic acids is 1. The lowest BCUT2D eigenvalue weighted by molar-refractivity contribution is -0.255. The van der Waals surface area contributed by atoms with Crippen LogP contribution in [0.1, 0.15) is 37.0 Å². The molecule has 0 saturated heterocycles. The third kappa shape index (κ3) is 1.64. The number of aromatic carboxylic acids is 1. The van der Waals surface area contributed by atoms with Crippen molar-refractivity contribution in [3.63, 3.8) is 0 Å². The molecular weight excluding hydrogens is 158 g/mol. The van der Waals surface area contributed by atoms with Crippen LogP contribution in [0.25, 0.3) is 0 Å². The van der Waals surface area contributed by atoms with Crippen molar-refractivity contribution in [1.82, 2.24) is 5.16 Å². The normalized spacial score (nSPS) is 11.6. The standard InChI is InChI=1S/C8H11NO3/c1-8(2,3)6-4-5(7(10)11)9-12-6/h4H,1-3H3,(H,10,11)/p-1. The molecule has 0 unspecified atom stereocenters. The molecular formula is C8H10NO3-. The van der Waals surface area contributed by atoms with E-state index in [4.69, 9.17) is 4.52 Å². The minimum atomic E-state index is -1.31. The largest absolute Gasteiger partial charge is 0.543 e. The van der Waals surface area contributed by atoms with Crippen LogP contribution in [0.3, 0.4) is 0 Å². The summed E-state index contributed by atoms with van der Waals surface area (Å²) in [5.41, 5.74) is -0.374. The highest BCUT2D eigenvalue weighted by Crippen LogP contribution is 2.22. The summed E-state index contributed by atoms with van der Waals surface area (Å²) in [5, 5.41) is 13.7. The lowest BCUT2D eigenvalue weighted by Gasteiger charge is -2.12. The first-order chi connectivity index (χ1) is 5.41. The number of rotatable bonds is 1. The minimum Gasteiger partial charge on any atom is -0.543 e. The third-order valence-electron chi connectivity index (χ3n) is 1.46. The molecule has 0 aliphatic rings. The molecule has 4 nitrogen and oxygen atoms in total. The van der Waals surface area contributed by atoms with Crippen LogP contribution in [0, 0.1) is 0 Å². The zero-order valence-electron chi connectivity index (χ0n) is 7.25. The second-order valence-electron chi connectivity index (χ2n) is 3.61. The van der Waals surface area contributed by atoms with Gasteiger partial charge in [-0.2, -0.15) is 0 Å². The van der Waals surface area contributed by atoms with Crippen LogP contribution in [-0.4, -0.2) is 11.1 Å². The van der Waals surface area contributed by atoms with Gasteiger partial charge in [-0.15, -0.1) is 0 Å². The highest BCUT2D eigenvalue weighted by Gasteiger charge is 2.19. The Kier molecular flexibility index (Phi) is 1.92. The van der Waals surface area contributed by atoms with E-state index in [9.17, 15) is 9.90 Å². The summed E-state index contributed by atoms with van der Waals surface area (Å²) in [6.07, 6.45) is 0. The maximum atomic E-state index is 10.3. The molecule has 1 aromatic rings. The monoisotopic (exact) mass is 168 g/mol. The average Bonchev–Trinajstić information content (AvgIpc) is 2.30. The summed E-state index contributed by atoms with van der Waals surface area (Å²) in [5.74, 6) is -0.768. The van der Waals surface area contributed by atoms with Gasteiger partial charge in [0.15, 0.2) is 0 Å². The van der Waals surface area contributed by atoms with Gasteiger partial charge in [0.05, 0.1) is 5.97 Å². The first kappa shape index (κ1) is 8.77. The highest BCUT2D eigenvalue weighted by atomic mass is 16.5. The van der Waals surface area contributed by atoms with Crippen molar-refractivity contribution < 1.29 is 14.4 Å². The fraction of sp³-hybridized carbons (Fsp3) is 0.500. The maximum absolute atomic E-state index is 10.3. The summed E-state index contributed by atoms with van der Waals surface area (Å²) >= 11 is 0. The smallest absolute Gasteiger partial charge is 0.142 e. The molecule has 4 heteroatoms. The number of hydrogen-bond donors (Lipinski definition) is 0. The van der Waals surface area contributed by atoms with Gasteiger partial charge < -0.3 is 14.4 Å². The molecule has 12 heavy (non-hydrogen) atoms. The quantitative estimate of drug-likeness (QED) is 0.606. The molecule has 0 aromatic carbocycles. The van der Waals surface area contributed by atoms with Gasteiger partial charge in [0.1, 0.15) is 11.5 Å². The van der Waals surface area contributed by atoms with E-state index in [0.29, 0.717) is 5.76 Å². The van der Waals surface area contributed by atoms with Crippen LogP contribution in [0.2, 0.25) is 0 Å². The van der Waals surface area contributed by atoms with E-state index in [2.05, 4.69) is 5.16 Å². The Hall–Kier alpha value is -1.32. The van der Waals surface area contributed by atoms with E-state index in [1.807, 2.05) is 20.8 Å². The van der Waals surface area contributed by atoms with Crippen molar-refractivity contribution in [1.29, 1.82) is 0 Å². The number of carboxylic acid groups (broad SMARTS) is 1. The van der Waals surface area contributed by atoms with E-state index < -0.39 is 5.97 Å². The molecule has 66 valence electrons. The van der Waals surface area contributed by atoms with Crippen LogP contribution >= 0.6 is 0 Å². The Morgan fingerprint density at radius 1 is 1.58 bits per heavy atom. The van der Waals surface area contributed by atoms with Crippen LogP contribution in [0.5, 0.6) is 0 Å². The average molecular weight is 168 g/mol. The van der Waals surface area contributed by atoms with Gasteiger partial charge in [0, 0.05) is 11.5 Å². The fourth-order valence-electron chi connectivity index (χ4n) is 0.725. The molecule has 1 aromatic heterocycles. The predicted octanol–water partition coefficient (Wildman–Crippen LogP) is 0.336. The van der Waals surface area contributed by atoms with Crippen LogP contribution in [0.4, 0.5) is 0 Å². The Labute approximate surface area is 70.2 Å². The summed E-state index contributed by atoms with van der Waals surface area (Å²) in [6, 6.07) is 1.38. The first-order valence-electron chi connectivity index (χ1n) is 3.60. The fourth-order valence-corrected chi connectivity index (χ4v) is 0.725. The van der Waals surface area contributed by atoms with Gasteiger partial charge in [0.2, 0.25) is 0 Å². The molecule has 0 atom stereocenters. The highest BCUT2D eigenvalue weighted by molar-refractivity contribution is 5.83. The van der Waals surface area contributed by atoms with E-state index in [0.717, 1.165) is 0 Å². The number of nitrogens with zero attached hydrogens (tertiary/aromatic N) is 1. The molecule has 0 saturated carbocycles. The molecule has 1 heterocycles. The van der Waals surface area contributed by atoms with Crippen molar-refractivity contribution in [3.05, 3.63) is 17.5 Å². The summed E-state index contributed by atoms with van der Waals surface area (Å²) < 4.78 is 4.82. The Morgan fingerprint density at radius 2 is 2.17 bits per heavy atom. The van der Waals surface area contributed by atoms with E-state index >= 15 is 0 Å². The minimum absolute atomic E-state index is 0.153. The molecule has 0 spiro atoms. The molecule has 0 fully saturated rings. The van der Waals surface area contributed by atoms with Crippen molar-refractivity contribution in [2.45, 2.75) is 26.2 Å². The zero-order chi connectivity index (χ0) is 9.35. The first-order valence-corrected chi connectivity index (χ1v) is 3.60. The van der Waals surface area contributed by atoms with Crippen LogP contribution < -0.4 is 5.11 Å². The Bertz CT molecular complexity index is 295. The summed E-state index contributed by atoms with van der Waals surface area (Å²) in [4.78, 5) is 10.3. The van der Waals surface area contributed by atoms with E-state index in [1.54, 1.807) is 0 Å². The molecule has 0 aliphatic carbocycles. The number of carbonyl (C=O) groups is 1. The van der Waals surface area contributed by atoms with E-state index in [1.165, 1.54) is 6.07 Å². The molecule has 0 aliphatic heterocycles.